The van der Waals surface area contributed by atoms with Crippen molar-refractivity contribution < 1.29 is 18.7 Å². The highest BCUT2D eigenvalue weighted by atomic mass is 16.5. The molecule has 0 bridgehead atoms. The van der Waals surface area contributed by atoms with Crippen molar-refractivity contribution in [1.82, 2.24) is 10.6 Å². The van der Waals surface area contributed by atoms with Crippen LogP contribution in [0.4, 0.5) is 0 Å². The first-order valence-electron chi connectivity index (χ1n) is 8.70. The van der Waals surface area contributed by atoms with Gasteiger partial charge in [-0.3, -0.25) is 9.59 Å². The van der Waals surface area contributed by atoms with Gasteiger partial charge in [0.2, 0.25) is 11.8 Å². The predicted octanol–water partition coefficient (Wildman–Crippen LogP) is 2.68. The van der Waals surface area contributed by atoms with E-state index >= 15 is 0 Å². The number of carbonyl (C=O) groups excluding carboxylic acids is 2. The highest BCUT2D eigenvalue weighted by molar-refractivity contribution is 5.88. The van der Waals surface area contributed by atoms with Gasteiger partial charge in [0.1, 0.15) is 17.6 Å². The molecule has 2 aromatic rings. The minimum absolute atomic E-state index is 0.186. The van der Waals surface area contributed by atoms with Gasteiger partial charge < -0.3 is 19.8 Å². The molecule has 140 valence electrons. The van der Waals surface area contributed by atoms with E-state index in [1.165, 1.54) is 0 Å². The molecule has 0 saturated heterocycles. The molecular weight excluding hydrogens is 332 g/mol. The molecule has 1 heterocycles. The normalized spacial score (nSPS) is 11.8. The number of hydrogen-bond acceptors (Lipinski definition) is 4. The number of carbonyl (C=O) groups is 2. The van der Waals surface area contributed by atoms with Crippen molar-refractivity contribution in [2.75, 3.05) is 7.11 Å². The van der Waals surface area contributed by atoms with Crippen LogP contribution in [-0.4, -0.2) is 25.0 Å². The Hall–Kier alpha value is -2.76. The molecule has 0 saturated carbocycles. The monoisotopic (exact) mass is 358 g/mol. The van der Waals surface area contributed by atoms with Crippen molar-refractivity contribution in [2.24, 2.45) is 5.92 Å². The number of rotatable bonds is 9. The van der Waals surface area contributed by atoms with Crippen LogP contribution in [0.2, 0.25) is 0 Å². The smallest absolute Gasteiger partial charge is 0.242 e. The van der Waals surface area contributed by atoms with E-state index in [2.05, 4.69) is 10.6 Å². The molecule has 1 aromatic heterocycles. The Morgan fingerprint density at radius 1 is 1.15 bits per heavy atom. The number of furan rings is 1. The summed E-state index contributed by atoms with van der Waals surface area (Å²) in [6.45, 7) is 4.33. The third-order valence-electron chi connectivity index (χ3n) is 3.90. The summed E-state index contributed by atoms with van der Waals surface area (Å²) in [4.78, 5) is 24.8. The first-order chi connectivity index (χ1) is 12.5. The fraction of sp³-hybridized carbons (Fsp3) is 0.400. The lowest BCUT2D eigenvalue weighted by molar-refractivity contribution is -0.129. The van der Waals surface area contributed by atoms with Gasteiger partial charge in [-0.2, -0.15) is 0 Å². The summed E-state index contributed by atoms with van der Waals surface area (Å²) in [7, 11) is 1.60. The Morgan fingerprint density at radius 2 is 1.88 bits per heavy atom. The lowest BCUT2D eigenvalue weighted by atomic mass is 10.0. The van der Waals surface area contributed by atoms with E-state index < -0.39 is 6.04 Å². The summed E-state index contributed by atoms with van der Waals surface area (Å²) < 4.78 is 10.3. The van der Waals surface area contributed by atoms with Gasteiger partial charge in [0.25, 0.3) is 0 Å². The van der Waals surface area contributed by atoms with Gasteiger partial charge in [0.05, 0.1) is 26.3 Å². The van der Waals surface area contributed by atoms with Crippen LogP contribution in [0.3, 0.4) is 0 Å². The van der Waals surface area contributed by atoms with Crippen LogP contribution in [-0.2, 0) is 22.6 Å². The first-order valence-corrected chi connectivity index (χ1v) is 8.70. The molecule has 6 heteroatoms. The number of ether oxygens (including phenoxy) is 1. The molecule has 1 atom stereocenters. The Kier molecular flexibility index (Phi) is 7.26. The average Bonchev–Trinajstić information content (AvgIpc) is 3.13. The van der Waals surface area contributed by atoms with Crippen LogP contribution in [0.15, 0.2) is 47.1 Å². The number of benzene rings is 1. The molecular formula is C20H26N2O4. The molecule has 2 amide bonds. The second-order valence-corrected chi connectivity index (χ2v) is 6.57. The summed E-state index contributed by atoms with van der Waals surface area (Å²) >= 11 is 0. The van der Waals surface area contributed by atoms with Crippen molar-refractivity contribution >= 4 is 11.8 Å². The molecule has 2 rings (SSSR count). The maximum atomic E-state index is 12.5. The van der Waals surface area contributed by atoms with E-state index in [1.54, 1.807) is 25.5 Å². The van der Waals surface area contributed by atoms with E-state index in [0.29, 0.717) is 18.7 Å². The SMILES string of the molecule is COc1ccc(CC(=O)N[C@@H](CC(C)C)C(=O)NCc2ccco2)cc1. The number of amides is 2. The molecule has 0 radical (unpaired) electrons. The maximum Gasteiger partial charge on any atom is 0.242 e. The summed E-state index contributed by atoms with van der Waals surface area (Å²) in [5.74, 6) is 1.29. The largest absolute Gasteiger partial charge is 0.497 e. The first kappa shape index (κ1) is 19.6. The minimum atomic E-state index is -0.573. The van der Waals surface area contributed by atoms with E-state index in [1.807, 2.05) is 38.1 Å². The molecule has 0 aliphatic heterocycles. The van der Waals surface area contributed by atoms with Gasteiger partial charge in [-0.25, -0.2) is 0 Å². The second kappa shape index (κ2) is 9.65. The van der Waals surface area contributed by atoms with Crippen molar-refractivity contribution in [3.05, 3.63) is 54.0 Å². The van der Waals surface area contributed by atoms with Crippen molar-refractivity contribution in [2.45, 2.75) is 39.3 Å². The fourth-order valence-electron chi connectivity index (χ4n) is 2.59. The summed E-state index contributed by atoms with van der Waals surface area (Å²) in [5.41, 5.74) is 0.864. The van der Waals surface area contributed by atoms with Crippen molar-refractivity contribution in [1.29, 1.82) is 0 Å². The number of hydrogen-bond donors (Lipinski definition) is 2. The van der Waals surface area contributed by atoms with Crippen LogP contribution in [0.5, 0.6) is 5.75 Å². The molecule has 26 heavy (non-hydrogen) atoms. The van der Waals surface area contributed by atoms with Gasteiger partial charge >= 0.3 is 0 Å². The summed E-state index contributed by atoms with van der Waals surface area (Å²) in [6.07, 6.45) is 2.34. The highest BCUT2D eigenvalue weighted by Gasteiger charge is 2.22. The molecule has 6 nitrogen and oxygen atoms in total. The summed E-state index contributed by atoms with van der Waals surface area (Å²) in [6, 6.07) is 10.3. The zero-order valence-electron chi connectivity index (χ0n) is 15.5. The zero-order valence-corrected chi connectivity index (χ0v) is 15.5. The van der Waals surface area contributed by atoms with E-state index in [0.717, 1.165) is 11.3 Å². The molecule has 0 aliphatic rings. The van der Waals surface area contributed by atoms with Crippen molar-refractivity contribution in [3.8, 4) is 5.75 Å². The Morgan fingerprint density at radius 3 is 2.46 bits per heavy atom. The average molecular weight is 358 g/mol. The van der Waals surface area contributed by atoms with Crippen LogP contribution in [0.1, 0.15) is 31.6 Å². The predicted molar refractivity (Wildman–Crippen MR) is 98.6 cm³/mol. The number of nitrogens with one attached hydrogen (secondary N) is 2. The number of methoxy groups -OCH3 is 1. The van der Waals surface area contributed by atoms with Gasteiger partial charge in [-0.15, -0.1) is 0 Å². The zero-order chi connectivity index (χ0) is 18.9. The van der Waals surface area contributed by atoms with Crippen LogP contribution < -0.4 is 15.4 Å². The maximum absolute atomic E-state index is 12.5. The van der Waals surface area contributed by atoms with Crippen LogP contribution in [0, 0.1) is 5.92 Å². The molecule has 0 aliphatic carbocycles. The third kappa shape index (κ3) is 6.27. The Balaban J connectivity index is 1.92. The lowest BCUT2D eigenvalue weighted by Gasteiger charge is -2.20. The highest BCUT2D eigenvalue weighted by Crippen LogP contribution is 2.12. The molecule has 0 fully saturated rings. The molecule has 0 unspecified atom stereocenters. The summed E-state index contributed by atoms with van der Waals surface area (Å²) in [5, 5.41) is 5.65. The Bertz CT molecular complexity index is 693. The van der Waals surface area contributed by atoms with Crippen molar-refractivity contribution in [3.63, 3.8) is 0 Å². The standard InChI is InChI=1S/C20H26N2O4/c1-14(2)11-18(20(24)21-13-17-5-4-10-26-17)22-19(23)12-15-6-8-16(25-3)9-7-15/h4-10,14,18H,11-13H2,1-3H3,(H,21,24)(H,22,23)/t18-/m0/s1. The van der Waals surface area contributed by atoms with Gasteiger partial charge in [-0.05, 0) is 42.2 Å². The molecule has 2 N–H and O–H groups in total. The molecule has 0 spiro atoms. The van der Waals surface area contributed by atoms with E-state index in [-0.39, 0.29) is 24.2 Å². The topological polar surface area (TPSA) is 80.6 Å². The third-order valence-corrected chi connectivity index (χ3v) is 3.90. The van der Waals surface area contributed by atoms with Crippen LogP contribution >= 0.6 is 0 Å². The van der Waals surface area contributed by atoms with Gasteiger partial charge in [-0.1, -0.05) is 26.0 Å². The van der Waals surface area contributed by atoms with Gasteiger partial charge in [0, 0.05) is 0 Å². The second-order valence-electron chi connectivity index (χ2n) is 6.57. The van der Waals surface area contributed by atoms with E-state index in [9.17, 15) is 9.59 Å². The molecule has 1 aromatic carbocycles. The van der Waals surface area contributed by atoms with E-state index in [4.69, 9.17) is 9.15 Å². The fourth-order valence-corrected chi connectivity index (χ4v) is 2.59. The quantitative estimate of drug-likeness (QED) is 0.722. The van der Waals surface area contributed by atoms with Gasteiger partial charge in [0.15, 0.2) is 0 Å². The van der Waals surface area contributed by atoms with Crippen LogP contribution in [0.25, 0.3) is 0 Å². The Labute approximate surface area is 153 Å². The minimum Gasteiger partial charge on any atom is -0.497 e. The lowest BCUT2D eigenvalue weighted by Crippen LogP contribution is -2.47.